The van der Waals surface area contributed by atoms with Gasteiger partial charge in [-0.2, -0.15) is 0 Å². The molecule has 0 saturated heterocycles. The van der Waals surface area contributed by atoms with E-state index >= 15 is 0 Å². The van der Waals surface area contributed by atoms with E-state index in [0.717, 1.165) is 0 Å². The number of carbonyl (C=O) groups excluding carboxylic acids is 1. The Labute approximate surface area is 140 Å². The maximum Gasteiger partial charge on any atom is 0.204 e. The van der Waals surface area contributed by atoms with Crippen LogP contribution in [0.4, 0.5) is 0 Å². The van der Waals surface area contributed by atoms with Crippen LogP contribution in [0.15, 0.2) is 90.0 Å². The van der Waals surface area contributed by atoms with E-state index in [1.165, 1.54) is 24.4 Å². The average molecular weight is 337 g/mol. The Hall–Kier alpha value is -2.79. The second kappa shape index (κ2) is 6.76. The molecule has 2 aromatic carbocycles. The quantitative estimate of drug-likeness (QED) is 0.669. The molecule has 1 heterocycles. The molecule has 0 N–H and O–H groups in total. The number of carbonyl (C=O) groups is 1. The lowest BCUT2D eigenvalue weighted by atomic mass is 10.1. The summed E-state index contributed by atoms with van der Waals surface area (Å²) < 4.78 is 26.2. The largest absolute Gasteiger partial charge is 0.291 e. The number of Topliss-reactive ketones (excluding diaryl/α,β-unsaturated/α-hetero) is 1. The fourth-order valence-electron chi connectivity index (χ4n) is 2.49. The van der Waals surface area contributed by atoms with Crippen molar-refractivity contribution in [3.63, 3.8) is 0 Å². The van der Waals surface area contributed by atoms with Gasteiger partial charge in [0.1, 0.15) is 5.69 Å². The first-order valence-corrected chi connectivity index (χ1v) is 8.94. The summed E-state index contributed by atoms with van der Waals surface area (Å²) in [6, 6.07) is 21.4. The first-order chi connectivity index (χ1) is 11.6. The summed E-state index contributed by atoms with van der Waals surface area (Å²) in [6.45, 7) is 0. The van der Waals surface area contributed by atoms with E-state index in [-0.39, 0.29) is 10.6 Å². The van der Waals surface area contributed by atoms with Gasteiger partial charge in [0.15, 0.2) is 15.1 Å². The number of nitrogens with zero attached hydrogens (tertiary/aromatic N) is 1. The predicted octanol–water partition coefficient (Wildman–Crippen LogP) is 3.48. The minimum atomic E-state index is -3.89. The maximum atomic E-state index is 13.1. The van der Waals surface area contributed by atoms with Crippen LogP contribution < -0.4 is 0 Å². The smallest absolute Gasteiger partial charge is 0.204 e. The van der Waals surface area contributed by atoms with Gasteiger partial charge in [0, 0.05) is 6.20 Å². The molecular formula is C19H15NO3S. The van der Waals surface area contributed by atoms with Crippen LogP contribution in [0.2, 0.25) is 0 Å². The highest BCUT2D eigenvalue weighted by molar-refractivity contribution is 7.92. The second-order valence-electron chi connectivity index (χ2n) is 5.23. The number of aromatic nitrogens is 1. The fourth-order valence-corrected chi connectivity index (χ4v) is 4.22. The van der Waals surface area contributed by atoms with E-state index in [9.17, 15) is 13.2 Å². The van der Waals surface area contributed by atoms with Crippen LogP contribution in [-0.4, -0.2) is 19.2 Å². The van der Waals surface area contributed by atoms with Crippen LogP contribution >= 0.6 is 0 Å². The zero-order chi connectivity index (χ0) is 17.0. The van der Waals surface area contributed by atoms with Crippen molar-refractivity contribution in [2.24, 2.45) is 0 Å². The van der Waals surface area contributed by atoms with E-state index in [0.29, 0.717) is 5.56 Å². The Kier molecular flexibility index (Phi) is 4.53. The van der Waals surface area contributed by atoms with Crippen LogP contribution in [-0.2, 0) is 9.84 Å². The first kappa shape index (κ1) is 16.1. The topological polar surface area (TPSA) is 64.1 Å². The van der Waals surface area contributed by atoms with Crippen molar-refractivity contribution < 1.29 is 13.2 Å². The van der Waals surface area contributed by atoms with E-state index in [1.807, 2.05) is 0 Å². The summed E-state index contributed by atoms with van der Waals surface area (Å²) in [6.07, 6.45) is 1.48. The average Bonchev–Trinajstić information content (AvgIpc) is 2.64. The standard InChI is InChI=1S/C19H15NO3S/c21-18(17-13-7-8-14-20-17)19(15-9-3-1-4-10-15)24(22,23)16-11-5-2-6-12-16/h1-14,19H. The third-order valence-corrected chi connectivity index (χ3v) is 5.68. The minimum absolute atomic E-state index is 0.114. The SMILES string of the molecule is O=C(c1ccccn1)C(c1ccccc1)S(=O)(=O)c1ccccc1. The lowest BCUT2D eigenvalue weighted by Gasteiger charge is -2.17. The van der Waals surface area contributed by atoms with Crippen LogP contribution in [0.5, 0.6) is 0 Å². The Bertz CT molecular complexity index is 924. The third-order valence-electron chi connectivity index (χ3n) is 3.64. The first-order valence-electron chi connectivity index (χ1n) is 7.40. The lowest BCUT2D eigenvalue weighted by molar-refractivity contribution is 0.0982. The van der Waals surface area contributed by atoms with Gasteiger partial charge in [0.25, 0.3) is 0 Å². The van der Waals surface area contributed by atoms with Crippen molar-refractivity contribution in [3.8, 4) is 0 Å². The number of sulfone groups is 1. The van der Waals surface area contributed by atoms with Crippen molar-refractivity contribution in [2.75, 3.05) is 0 Å². The monoisotopic (exact) mass is 337 g/mol. The highest BCUT2D eigenvalue weighted by Gasteiger charge is 2.36. The Balaban J connectivity index is 2.15. The van der Waals surface area contributed by atoms with Gasteiger partial charge >= 0.3 is 0 Å². The molecule has 0 aliphatic carbocycles. The van der Waals surface area contributed by atoms with Gasteiger partial charge in [-0.25, -0.2) is 8.42 Å². The van der Waals surface area contributed by atoms with Gasteiger partial charge in [0.05, 0.1) is 4.90 Å². The van der Waals surface area contributed by atoms with Crippen LogP contribution in [0.25, 0.3) is 0 Å². The molecule has 0 bridgehead atoms. The highest BCUT2D eigenvalue weighted by atomic mass is 32.2. The van der Waals surface area contributed by atoms with Crippen molar-refractivity contribution >= 4 is 15.6 Å². The Morgan fingerprint density at radius 3 is 1.96 bits per heavy atom. The lowest BCUT2D eigenvalue weighted by Crippen LogP contribution is -2.23. The summed E-state index contributed by atoms with van der Waals surface area (Å²) in [5.41, 5.74) is 0.558. The number of hydrogen-bond donors (Lipinski definition) is 0. The third kappa shape index (κ3) is 3.12. The molecule has 0 radical (unpaired) electrons. The molecule has 0 saturated carbocycles. The van der Waals surface area contributed by atoms with E-state index in [4.69, 9.17) is 0 Å². The molecule has 1 atom stereocenters. The Morgan fingerprint density at radius 2 is 1.38 bits per heavy atom. The number of benzene rings is 2. The number of rotatable bonds is 5. The summed E-state index contributed by atoms with van der Waals surface area (Å²) in [4.78, 5) is 17.1. The molecule has 0 spiro atoms. The molecule has 5 heteroatoms. The summed E-state index contributed by atoms with van der Waals surface area (Å²) in [5.74, 6) is -0.536. The molecule has 120 valence electrons. The number of hydrogen-bond acceptors (Lipinski definition) is 4. The maximum absolute atomic E-state index is 13.1. The normalized spacial score (nSPS) is 12.5. The van der Waals surface area contributed by atoms with Crippen molar-refractivity contribution in [1.29, 1.82) is 0 Å². The van der Waals surface area contributed by atoms with Crippen LogP contribution in [0, 0.1) is 0 Å². The van der Waals surface area contributed by atoms with Gasteiger partial charge in [0.2, 0.25) is 5.78 Å². The van der Waals surface area contributed by atoms with Gasteiger partial charge in [-0.1, -0.05) is 54.6 Å². The number of pyridine rings is 1. The zero-order valence-corrected chi connectivity index (χ0v) is 13.6. The molecule has 1 unspecified atom stereocenters. The second-order valence-corrected chi connectivity index (χ2v) is 7.26. The summed E-state index contributed by atoms with van der Waals surface area (Å²) in [7, 11) is -3.89. The molecule has 24 heavy (non-hydrogen) atoms. The minimum Gasteiger partial charge on any atom is -0.291 e. The predicted molar refractivity (Wildman–Crippen MR) is 91.4 cm³/mol. The summed E-state index contributed by atoms with van der Waals surface area (Å²) >= 11 is 0. The number of ketones is 1. The fraction of sp³-hybridized carbons (Fsp3) is 0.0526. The molecule has 0 amide bonds. The van der Waals surface area contributed by atoms with Crippen LogP contribution in [0.3, 0.4) is 0 Å². The van der Waals surface area contributed by atoms with Crippen molar-refractivity contribution in [2.45, 2.75) is 10.1 Å². The van der Waals surface area contributed by atoms with Gasteiger partial charge in [-0.3, -0.25) is 9.78 Å². The molecule has 3 aromatic rings. The van der Waals surface area contributed by atoms with Gasteiger partial charge in [-0.05, 0) is 29.8 Å². The van der Waals surface area contributed by atoms with E-state index < -0.39 is 20.9 Å². The van der Waals surface area contributed by atoms with Gasteiger partial charge < -0.3 is 0 Å². The van der Waals surface area contributed by atoms with Crippen molar-refractivity contribution in [1.82, 2.24) is 4.98 Å². The molecule has 4 nitrogen and oxygen atoms in total. The Morgan fingerprint density at radius 1 is 0.792 bits per heavy atom. The molecular weight excluding hydrogens is 322 g/mol. The van der Waals surface area contributed by atoms with E-state index in [2.05, 4.69) is 4.98 Å². The van der Waals surface area contributed by atoms with E-state index in [1.54, 1.807) is 60.7 Å². The van der Waals surface area contributed by atoms with Crippen molar-refractivity contribution in [3.05, 3.63) is 96.3 Å². The summed E-state index contributed by atoms with van der Waals surface area (Å²) in [5, 5.41) is -1.32. The van der Waals surface area contributed by atoms with Crippen LogP contribution in [0.1, 0.15) is 21.3 Å². The molecule has 0 aliphatic heterocycles. The molecule has 1 aromatic heterocycles. The highest BCUT2D eigenvalue weighted by Crippen LogP contribution is 2.31. The zero-order valence-electron chi connectivity index (χ0n) is 12.7. The molecule has 0 fully saturated rings. The molecule has 3 rings (SSSR count). The molecule has 0 aliphatic rings. The van der Waals surface area contributed by atoms with Gasteiger partial charge in [-0.15, -0.1) is 0 Å².